The van der Waals surface area contributed by atoms with Gasteiger partial charge in [0.1, 0.15) is 17.8 Å². The summed E-state index contributed by atoms with van der Waals surface area (Å²) >= 11 is 3.49. The summed E-state index contributed by atoms with van der Waals surface area (Å²) < 4.78 is 13.9. The Morgan fingerprint density at radius 2 is 1.92 bits per heavy atom. The van der Waals surface area contributed by atoms with Crippen LogP contribution in [0.15, 0.2) is 53.3 Å². The molecule has 0 spiro atoms. The van der Waals surface area contributed by atoms with Crippen molar-refractivity contribution in [2.24, 2.45) is 0 Å². The third-order valence-electron chi connectivity index (χ3n) is 4.70. The SMILES string of the molecule is COc1ccc([C@H]2C[C@@H](c3ccc(Br)cc3)Nc3ncnn32)c(OC)c1. The molecule has 1 aromatic heterocycles. The largest absolute Gasteiger partial charge is 0.497 e. The molecule has 0 saturated carbocycles. The molecule has 0 radical (unpaired) electrons. The van der Waals surface area contributed by atoms with Gasteiger partial charge in [-0.3, -0.25) is 0 Å². The van der Waals surface area contributed by atoms with Crippen LogP contribution in [-0.4, -0.2) is 29.0 Å². The lowest BCUT2D eigenvalue weighted by Gasteiger charge is -2.32. The number of nitrogens with zero attached hydrogens (tertiary/aromatic N) is 3. The normalized spacial score (nSPS) is 18.7. The zero-order chi connectivity index (χ0) is 18.1. The van der Waals surface area contributed by atoms with Crippen molar-refractivity contribution in [1.82, 2.24) is 14.8 Å². The minimum Gasteiger partial charge on any atom is -0.497 e. The van der Waals surface area contributed by atoms with Crippen LogP contribution in [0.2, 0.25) is 0 Å². The summed E-state index contributed by atoms with van der Waals surface area (Å²) in [5, 5.41) is 7.90. The summed E-state index contributed by atoms with van der Waals surface area (Å²) in [4.78, 5) is 4.38. The van der Waals surface area contributed by atoms with E-state index in [4.69, 9.17) is 9.47 Å². The number of benzene rings is 2. The van der Waals surface area contributed by atoms with E-state index >= 15 is 0 Å². The average Bonchev–Trinajstić information content (AvgIpc) is 3.16. The van der Waals surface area contributed by atoms with E-state index in [0.717, 1.165) is 33.9 Å². The highest BCUT2D eigenvalue weighted by molar-refractivity contribution is 9.10. The highest BCUT2D eigenvalue weighted by Gasteiger charge is 2.31. The molecule has 1 aliphatic rings. The summed E-state index contributed by atoms with van der Waals surface area (Å²) in [7, 11) is 3.33. The fraction of sp³-hybridized carbons (Fsp3) is 0.263. The molecular formula is C19H19BrN4O2. The molecule has 0 amide bonds. The molecular weight excluding hydrogens is 396 g/mol. The van der Waals surface area contributed by atoms with Gasteiger partial charge in [-0.05, 0) is 36.2 Å². The third kappa shape index (κ3) is 3.03. The fourth-order valence-electron chi connectivity index (χ4n) is 3.39. The number of ether oxygens (including phenoxy) is 2. The van der Waals surface area contributed by atoms with E-state index in [1.807, 2.05) is 22.9 Å². The minimum atomic E-state index is 0.0169. The summed E-state index contributed by atoms with van der Waals surface area (Å²) in [6, 6.07) is 14.4. The van der Waals surface area contributed by atoms with Gasteiger partial charge in [0.05, 0.1) is 26.3 Å². The monoisotopic (exact) mass is 414 g/mol. The van der Waals surface area contributed by atoms with Gasteiger partial charge in [0.15, 0.2) is 0 Å². The first-order valence-electron chi connectivity index (χ1n) is 8.33. The van der Waals surface area contributed by atoms with E-state index < -0.39 is 0 Å². The van der Waals surface area contributed by atoms with Gasteiger partial charge in [0, 0.05) is 16.1 Å². The quantitative estimate of drug-likeness (QED) is 0.692. The van der Waals surface area contributed by atoms with E-state index in [1.54, 1.807) is 20.5 Å². The first-order chi connectivity index (χ1) is 12.7. The number of hydrogen-bond acceptors (Lipinski definition) is 5. The van der Waals surface area contributed by atoms with Gasteiger partial charge in [-0.1, -0.05) is 28.1 Å². The molecule has 0 unspecified atom stereocenters. The van der Waals surface area contributed by atoms with Crippen LogP contribution in [0.4, 0.5) is 5.95 Å². The maximum absolute atomic E-state index is 5.62. The third-order valence-corrected chi connectivity index (χ3v) is 5.23. The van der Waals surface area contributed by atoms with Crippen LogP contribution in [0.5, 0.6) is 11.5 Å². The molecule has 0 saturated heterocycles. The first-order valence-corrected chi connectivity index (χ1v) is 9.12. The van der Waals surface area contributed by atoms with E-state index in [-0.39, 0.29) is 12.1 Å². The summed E-state index contributed by atoms with van der Waals surface area (Å²) in [5.41, 5.74) is 2.27. The molecule has 26 heavy (non-hydrogen) atoms. The summed E-state index contributed by atoms with van der Waals surface area (Å²) in [6.45, 7) is 0. The van der Waals surface area contributed by atoms with Crippen molar-refractivity contribution in [2.45, 2.75) is 18.5 Å². The molecule has 6 nitrogen and oxygen atoms in total. The molecule has 2 aromatic carbocycles. The zero-order valence-corrected chi connectivity index (χ0v) is 16.1. The highest BCUT2D eigenvalue weighted by atomic mass is 79.9. The van der Waals surface area contributed by atoms with Crippen LogP contribution in [-0.2, 0) is 0 Å². The minimum absolute atomic E-state index is 0.0169. The number of rotatable bonds is 4. The molecule has 1 aliphatic heterocycles. The number of methoxy groups -OCH3 is 2. The second-order valence-electron chi connectivity index (χ2n) is 6.14. The van der Waals surface area contributed by atoms with E-state index in [1.165, 1.54) is 5.56 Å². The Kier molecular flexibility index (Phi) is 4.55. The number of halogens is 1. The Morgan fingerprint density at radius 3 is 2.65 bits per heavy atom. The van der Waals surface area contributed by atoms with Gasteiger partial charge in [-0.15, -0.1) is 0 Å². The lowest BCUT2D eigenvalue weighted by atomic mass is 9.93. The van der Waals surface area contributed by atoms with Crippen molar-refractivity contribution < 1.29 is 9.47 Å². The smallest absolute Gasteiger partial charge is 0.222 e. The Morgan fingerprint density at radius 1 is 1.12 bits per heavy atom. The number of nitrogens with one attached hydrogen (secondary N) is 1. The summed E-state index contributed by atoms with van der Waals surface area (Å²) in [5.74, 6) is 2.31. The van der Waals surface area contributed by atoms with Crippen molar-refractivity contribution in [3.63, 3.8) is 0 Å². The van der Waals surface area contributed by atoms with Crippen LogP contribution in [0, 0.1) is 0 Å². The van der Waals surface area contributed by atoms with Crippen LogP contribution in [0.3, 0.4) is 0 Å². The Hall–Kier alpha value is -2.54. The van der Waals surface area contributed by atoms with E-state index in [2.05, 4.69) is 55.6 Å². The number of anilines is 1. The molecule has 0 aliphatic carbocycles. The van der Waals surface area contributed by atoms with E-state index in [0.29, 0.717) is 0 Å². The van der Waals surface area contributed by atoms with Crippen LogP contribution < -0.4 is 14.8 Å². The molecule has 2 heterocycles. The molecule has 3 aromatic rings. The predicted octanol–water partition coefficient (Wildman–Crippen LogP) is 4.20. The van der Waals surface area contributed by atoms with Gasteiger partial charge in [-0.2, -0.15) is 10.1 Å². The number of fused-ring (bicyclic) bond motifs is 1. The molecule has 0 fully saturated rings. The Bertz CT molecular complexity index is 910. The highest BCUT2D eigenvalue weighted by Crippen LogP contribution is 2.41. The van der Waals surface area contributed by atoms with Crippen molar-refractivity contribution >= 4 is 21.9 Å². The average molecular weight is 415 g/mol. The van der Waals surface area contributed by atoms with Crippen molar-refractivity contribution in [3.8, 4) is 11.5 Å². The fourth-order valence-corrected chi connectivity index (χ4v) is 3.65. The van der Waals surface area contributed by atoms with Crippen molar-refractivity contribution in [3.05, 3.63) is 64.4 Å². The lowest BCUT2D eigenvalue weighted by molar-refractivity contribution is 0.371. The maximum atomic E-state index is 5.62. The number of hydrogen-bond donors (Lipinski definition) is 1. The summed E-state index contributed by atoms with van der Waals surface area (Å²) in [6.07, 6.45) is 2.41. The van der Waals surface area contributed by atoms with Gasteiger partial charge >= 0.3 is 0 Å². The lowest BCUT2D eigenvalue weighted by Crippen LogP contribution is -2.28. The van der Waals surface area contributed by atoms with Gasteiger partial charge in [-0.25, -0.2) is 4.68 Å². The second-order valence-corrected chi connectivity index (χ2v) is 7.05. The molecule has 134 valence electrons. The molecule has 1 N–H and O–H groups in total. The van der Waals surface area contributed by atoms with Gasteiger partial charge < -0.3 is 14.8 Å². The van der Waals surface area contributed by atoms with Crippen molar-refractivity contribution in [1.29, 1.82) is 0 Å². The maximum Gasteiger partial charge on any atom is 0.222 e. The van der Waals surface area contributed by atoms with Crippen molar-refractivity contribution in [2.75, 3.05) is 19.5 Å². The molecule has 7 heteroatoms. The Balaban J connectivity index is 1.75. The predicted molar refractivity (Wildman–Crippen MR) is 103 cm³/mol. The molecule has 4 rings (SSSR count). The second kappa shape index (κ2) is 6.99. The Labute approximate surface area is 160 Å². The van der Waals surface area contributed by atoms with Gasteiger partial charge in [0.2, 0.25) is 5.95 Å². The van der Waals surface area contributed by atoms with E-state index in [9.17, 15) is 0 Å². The first kappa shape index (κ1) is 16.9. The van der Waals surface area contributed by atoms with Crippen LogP contribution >= 0.6 is 15.9 Å². The van der Waals surface area contributed by atoms with Crippen LogP contribution in [0.1, 0.15) is 29.6 Å². The van der Waals surface area contributed by atoms with Gasteiger partial charge in [0.25, 0.3) is 0 Å². The number of aromatic nitrogens is 3. The van der Waals surface area contributed by atoms with Crippen LogP contribution in [0.25, 0.3) is 0 Å². The molecule has 2 atom stereocenters. The molecule has 0 bridgehead atoms. The topological polar surface area (TPSA) is 61.2 Å². The zero-order valence-electron chi connectivity index (χ0n) is 14.5. The standard InChI is InChI=1S/C19H19BrN4O2/c1-25-14-7-8-15(18(9-14)26-2)17-10-16(12-3-5-13(20)6-4-12)23-19-21-11-22-24(17)19/h3-9,11,16-17H,10H2,1-2H3,(H,21,22,23)/t16-,17+/m0/s1.